The normalized spacial score (nSPS) is 14.1. The zero-order valence-corrected chi connectivity index (χ0v) is 18.0. The third-order valence-electron chi connectivity index (χ3n) is 3.46. The van der Waals surface area contributed by atoms with Gasteiger partial charge in [-0.2, -0.15) is 34.8 Å². The Kier molecular flexibility index (Phi) is 8.74. The minimum atomic E-state index is -6.38. The number of rotatable bonds is 8. The highest BCUT2D eigenvalue weighted by atomic mass is 127. The molecule has 8 nitrogen and oxygen atoms in total. The number of ether oxygens (including phenoxy) is 2. The van der Waals surface area contributed by atoms with Gasteiger partial charge in [-0.05, 0) is 34.7 Å². The molecule has 0 aliphatic heterocycles. The van der Waals surface area contributed by atoms with Crippen LogP contribution in [0.3, 0.4) is 0 Å². The van der Waals surface area contributed by atoms with Crippen LogP contribution in [0.25, 0.3) is 0 Å². The van der Waals surface area contributed by atoms with Crippen LogP contribution in [0.15, 0.2) is 30.9 Å². The van der Waals surface area contributed by atoms with Gasteiger partial charge in [0.05, 0.1) is 5.69 Å². The molecule has 1 rings (SSSR count). The first-order valence-corrected chi connectivity index (χ1v) is 10.4. The molecule has 31 heavy (non-hydrogen) atoms. The van der Waals surface area contributed by atoms with Crippen LogP contribution in [0, 0.1) is 3.57 Å². The summed E-state index contributed by atoms with van der Waals surface area (Å²) in [5, 5.41) is 12.1. The van der Waals surface area contributed by atoms with Gasteiger partial charge < -0.3 is 14.6 Å². The fraction of sp³-hybridized carbons (Fsp3) is 0.400. The third-order valence-corrected chi connectivity index (χ3v) is 5.13. The predicted molar refractivity (Wildman–Crippen MR) is 102 cm³/mol. The van der Waals surface area contributed by atoms with Crippen molar-refractivity contribution in [1.82, 2.24) is 0 Å². The Morgan fingerprint density at radius 1 is 1.23 bits per heavy atom. The van der Waals surface area contributed by atoms with Crippen LogP contribution in [0.5, 0.6) is 0 Å². The van der Waals surface area contributed by atoms with E-state index in [4.69, 9.17) is 4.55 Å². The minimum absolute atomic E-state index is 0.0291. The maximum Gasteiger partial charge on any atom is 0.427 e. The average molecular weight is 593 g/mol. The van der Waals surface area contributed by atoms with Crippen LogP contribution >= 0.6 is 22.6 Å². The smallest absolute Gasteiger partial charge is 0.427 e. The molecular weight excluding hydrogens is 579 g/mol. The van der Waals surface area contributed by atoms with Crippen LogP contribution in [0.4, 0.5) is 36.8 Å². The fourth-order valence-corrected chi connectivity index (χ4v) is 3.66. The lowest BCUT2D eigenvalue weighted by Crippen LogP contribution is -2.63. The second-order valence-corrected chi connectivity index (χ2v) is 8.39. The Balaban J connectivity index is 3.27. The summed E-state index contributed by atoms with van der Waals surface area (Å²) in [6.45, 7) is 3.17. The van der Waals surface area contributed by atoms with Crippen molar-refractivity contribution in [2.75, 3.05) is 17.7 Å². The molecule has 0 spiro atoms. The molecule has 0 heterocycles. The van der Waals surface area contributed by atoms with Gasteiger partial charge in [0.25, 0.3) is 15.7 Å². The lowest BCUT2D eigenvalue weighted by atomic mass is 10.0. The van der Waals surface area contributed by atoms with E-state index in [0.29, 0.717) is 0 Å². The van der Waals surface area contributed by atoms with Gasteiger partial charge in [0.1, 0.15) is 12.4 Å². The Bertz CT molecular complexity index is 905. The lowest BCUT2D eigenvalue weighted by Gasteiger charge is -2.37. The molecule has 0 radical (unpaired) electrons. The summed E-state index contributed by atoms with van der Waals surface area (Å²) in [4.78, 5) is 11.5. The maximum atomic E-state index is 13.3. The summed E-state index contributed by atoms with van der Waals surface area (Å²) in [5.74, 6) is -2.93. The Labute approximate surface area is 185 Å². The van der Waals surface area contributed by atoms with Crippen molar-refractivity contribution < 1.29 is 58.7 Å². The van der Waals surface area contributed by atoms with Crippen molar-refractivity contribution >= 4 is 44.5 Å². The molecule has 1 aromatic rings. The molecule has 1 amide bonds. The molecule has 1 aromatic carbocycles. The van der Waals surface area contributed by atoms with Crippen LogP contribution in [-0.2, 0) is 19.6 Å². The summed E-state index contributed by atoms with van der Waals surface area (Å²) in [7, 11) is -5.86. The van der Waals surface area contributed by atoms with Crippen molar-refractivity contribution in [3.63, 3.8) is 0 Å². The molecule has 1 atom stereocenters. The number of benzene rings is 1. The number of carbonyl (C=O) groups is 1. The quantitative estimate of drug-likeness (QED) is 0.138. The second-order valence-electron chi connectivity index (χ2n) is 5.77. The molecule has 3 N–H and O–H groups in total. The van der Waals surface area contributed by atoms with E-state index in [9.17, 15) is 44.7 Å². The van der Waals surface area contributed by atoms with Crippen LogP contribution in [0.2, 0.25) is 0 Å². The Hall–Kier alpha value is -1.63. The van der Waals surface area contributed by atoms with Crippen LogP contribution < -0.4 is 5.32 Å². The highest BCUT2D eigenvalue weighted by molar-refractivity contribution is 14.1. The number of halogens is 7. The van der Waals surface area contributed by atoms with E-state index in [2.05, 4.69) is 21.4 Å². The summed E-state index contributed by atoms with van der Waals surface area (Å²) in [6.07, 6.45) is -15.4. The number of alkyl halides is 6. The van der Waals surface area contributed by atoms with Crippen LogP contribution in [-0.4, -0.2) is 54.5 Å². The first-order chi connectivity index (χ1) is 13.9. The molecule has 0 aliphatic carbocycles. The summed E-state index contributed by atoms with van der Waals surface area (Å²) in [5.41, 5.74) is -6.03. The second kappa shape index (κ2) is 9.88. The van der Waals surface area contributed by atoms with Crippen LogP contribution in [0.1, 0.15) is 11.9 Å². The van der Waals surface area contributed by atoms with E-state index in [0.717, 1.165) is 18.2 Å². The standard InChI is InChI=1S/C15H14F6INO7S/c1-2-5-29-12(25)23-10-4-3-8(6-9(10)22)11(24)30-13(14(16,17)18,15(19,20)21)7-31(26,27)28/h2-4,6,11,24H,1,5,7H2,(H,23,25)(H,26,27,28). The van der Waals surface area contributed by atoms with E-state index >= 15 is 0 Å². The monoisotopic (exact) mass is 593 g/mol. The first-order valence-electron chi connectivity index (χ1n) is 7.72. The molecule has 1 unspecified atom stereocenters. The highest BCUT2D eigenvalue weighted by Crippen LogP contribution is 2.48. The molecule has 0 fully saturated rings. The number of carbonyl (C=O) groups excluding carboxylic acids is 1. The van der Waals surface area contributed by atoms with E-state index in [1.165, 1.54) is 6.08 Å². The largest absolute Gasteiger partial charge is 0.445 e. The van der Waals surface area contributed by atoms with Crippen molar-refractivity contribution in [3.05, 3.63) is 40.0 Å². The zero-order chi connectivity index (χ0) is 24.3. The Morgan fingerprint density at radius 3 is 2.19 bits per heavy atom. The SMILES string of the molecule is C=CCOC(=O)Nc1ccc(C(O)OC(CS(=O)(=O)O)(C(F)(F)F)C(F)(F)F)cc1I. The Morgan fingerprint density at radius 2 is 1.77 bits per heavy atom. The van der Waals surface area contributed by atoms with Crippen molar-refractivity contribution in [2.45, 2.75) is 24.2 Å². The summed E-state index contributed by atoms with van der Waals surface area (Å²) >= 11 is 1.54. The zero-order valence-electron chi connectivity index (χ0n) is 15.0. The van der Waals surface area contributed by atoms with Crippen molar-refractivity contribution in [3.8, 4) is 0 Å². The van der Waals surface area contributed by atoms with Gasteiger partial charge in [-0.15, -0.1) is 0 Å². The van der Waals surface area contributed by atoms with Crippen molar-refractivity contribution in [2.24, 2.45) is 0 Å². The number of aliphatic hydroxyl groups is 1. The predicted octanol–water partition coefficient (Wildman–Crippen LogP) is 3.78. The highest BCUT2D eigenvalue weighted by Gasteiger charge is 2.74. The van der Waals surface area contributed by atoms with E-state index < -0.39 is 51.8 Å². The molecule has 0 bridgehead atoms. The molecule has 0 aliphatic rings. The number of aliphatic hydroxyl groups excluding tert-OH is 1. The molecule has 0 saturated carbocycles. The first kappa shape index (κ1) is 27.4. The molecule has 176 valence electrons. The number of nitrogens with one attached hydrogen (secondary N) is 1. The van der Waals surface area contributed by atoms with E-state index in [1.54, 1.807) is 22.6 Å². The van der Waals surface area contributed by atoms with Gasteiger partial charge in [0.15, 0.2) is 6.29 Å². The number of hydrogen-bond acceptors (Lipinski definition) is 6. The lowest BCUT2D eigenvalue weighted by molar-refractivity contribution is -0.399. The van der Waals surface area contributed by atoms with Crippen molar-refractivity contribution in [1.29, 1.82) is 0 Å². The van der Waals surface area contributed by atoms with Gasteiger partial charge in [-0.1, -0.05) is 18.7 Å². The molecule has 0 aromatic heterocycles. The maximum absolute atomic E-state index is 13.3. The minimum Gasteiger partial charge on any atom is -0.445 e. The molecule has 0 saturated heterocycles. The van der Waals surface area contributed by atoms with Gasteiger partial charge >= 0.3 is 18.4 Å². The topological polar surface area (TPSA) is 122 Å². The van der Waals surface area contributed by atoms with E-state index in [-0.39, 0.29) is 15.9 Å². The molecule has 16 heteroatoms. The van der Waals surface area contributed by atoms with Gasteiger partial charge in [0, 0.05) is 9.13 Å². The number of anilines is 1. The average Bonchev–Trinajstić information content (AvgIpc) is 2.57. The number of hydrogen-bond donors (Lipinski definition) is 3. The summed E-state index contributed by atoms with van der Waals surface area (Å²) in [6, 6.07) is 2.71. The summed E-state index contributed by atoms with van der Waals surface area (Å²) < 4.78 is 118. The fourth-order valence-electron chi connectivity index (χ4n) is 2.07. The van der Waals surface area contributed by atoms with Gasteiger partial charge in [-0.3, -0.25) is 9.87 Å². The van der Waals surface area contributed by atoms with E-state index in [1.807, 2.05) is 0 Å². The molecular formula is C15H14F6INO7S. The number of amides is 1. The van der Waals surface area contributed by atoms with Gasteiger partial charge in [0.2, 0.25) is 0 Å². The van der Waals surface area contributed by atoms with Gasteiger partial charge in [-0.25, -0.2) is 4.79 Å². The third kappa shape index (κ3) is 7.19.